The zero-order chi connectivity index (χ0) is 13.2. The second-order valence-electron chi connectivity index (χ2n) is 4.94. The van der Waals surface area contributed by atoms with E-state index in [2.05, 4.69) is 5.32 Å². The summed E-state index contributed by atoms with van der Waals surface area (Å²) in [5.41, 5.74) is -2.64. The van der Waals surface area contributed by atoms with Gasteiger partial charge in [0.05, 0.1) is 6.61 Å². The average Bonchev–Trinajstić information content (AvgIpc) is 2.48. The first kappa shape index (κ1) is 13.1. The lowest BCUT2D eigenvalue weighted by molar-refractivity contribution is -0.177. The van der Waals surface area contributed by atoms with Gasteiger partial charge < -0.3 is 15.2 Å². The summed E-state index contributed by atoms with van der Waals surface area (Å²) >= 11 is 0. The van der Waals surface area contributed by atoms with E-state index in [1.54, 1.807) is 6.92 Å². The minimum absolute atomic E-state index is 0.262. The van der Waals surface area contributed by atoms with E-state index in [1.165, 1.54) is 12.2 Å². The molecule has 1 heterocycles. The molecular weight excluding hydrogens is 234 g/mol. The lowest BCUT2D eigenvalue weighted by Gasteiger charge is -2.44. The van der Waals surface area contributed by atoms with Gasteiger partial charge in [-0.1, -0.05) is 18.9 Å². The molecule has 5 nitrogen and oxygen atoms in total. The van der Waals surface area contributed by atoms with Crippen LogP contribution >= 0.6 is 0 Å². The predicted octanol–water partition coefficient (Wildman–Crippen LogP) is 0.875. The molecule has 100 valence electrons. The van der Waals surface area contributed by atoms with E-state index in [0.717, 1.165) is 19.3 Å². The van der Waals surface area contributed by atoms with E-state index >= 15 is 0 Å². The molecule has 0 radical (unpaired) electrons. The Balaban J connectivity index is 2.43. The van der Waals surface area contributed by atoms with Crippen molar-refractivity contribution in [1.82, 2.24) is 5.32 Å². The molecule has 1 aliphatic heterocycles. The molecule has 2 rings (SSSR count). The number of fused-ring (bicyclic) bond motifs is 1. The zero-order valence-corrected chi connectivity index (χ0v) is 10.6. The molecule has 2 aliphatic rings. The number of carbonyl (C=O) groups excluding carboxylic acids is 2. The fourth-order valence-corrected chi connectivity index (χ4v) is 2.85. The van der Waals surface area contributed by atoms with Crippen LogP contribution in [0.25, 0.3) is 0 Å². The summed E-state index contributed by atoms with van der Waals surface area (Å²) in [6, 6.07) is 0. The second kappa shape index (κ2) is 4.72. The molecule has 0 aromatic heterocycles. The Morgan fingerprint density at radius 1 is 1.44 bits per heavy atom. The van der Waals surface area contributed by atoms with E-state index in [1.807, 2.05) is 0 Å². The maximum Gasteiger partial charge on any atom is 0.320 e. The van der Waals surface area contributed by atoms with Crippen molar-refractivity contribution in [3.63, 3.8) is 0 Å². The maximum absolute atomic E-state index is 12.2. The first-order chi connectivity index (χ1) is 8.54. The lowest BCUT2D eigenvalue weighted by atomic mass is 9.71. The smallest absolute Gasteiger partial charge is 0.320 e. The van der Waals surface area contributed by atoms with Gasteiger partial charge in [0.1, 0.15) is 5.41 Å². The molecule has 1 aliphatic carbocycles. The van der Waals surface area contributed by atoms with E-state index in [4.69, 9.17) is 4.74 Å². The Morgan fingerprint density at radius 3 is 2.89 bits per heavy atom. The van der Waals surface area contributed by atoms with Gasteiger partial charge in [-0.2, -0.15) is 0 Å². The molecule has 1 fully saturated rings. The molecule has 2 atom stereocenters. The predicted molar refractivity (Wildman–Crippen MR) is 64.4 cm³/mol. The van der Waals surface area contributed by atoms with Gasteiger partial charge >= 0.3 is 5.97 Å². The van der Waals surface area contributed by atoms with Crippen LogP contribution in [-0.2, 0) is 14.3 Å². The van der Waals surface area contributed by atoms with Gasteiger partial charge in [0.15, 0.2) is 5.72 Å². The van der Waals surface area contributed by atoms with Crippen molar-refractivity contribution in [2.45, 2.75) is 44.8 Å². The number of hydrogen-bond donors (Lipinski definition) is 2. The van der Waals surface area contributed by atoms with Crippen LogP contribution in [0.5, 0.6) is 0 Å². The summed E-state index contributed by atoms with van der Waals surface area (Å²) in [6.45, 7) is 1.99. The zero-order valence-electron chi connectivity index (χ0n) is 10.6. The van der Waals surface area contributed by atoms with Crippen molar-refractivity contribution in [2.24, 2.45) is 5.41 Å². The van der Waals surface area contributed by atoms with Crippen molar-refractivity contribution >= 4 is 11.9 Å². The minimum atomic E-state index is -1.51. The van der Waals surface area contributed by atoms with Crippen molar-refractivity contribution < 1.29 is 19.4 Å². The topological polar surface area (TPSA) is 75.6 Å². The first-order valence-electron chi connectivity index (χ1n) is 6.45. The molecule has 0 aromatic carbocycles. The van der Waals surface area contributed by atoms with E-state index in [-0.39, 0.29) is 12.5 Å². The highest BCUT2D eigenvalue weighted by molar-refractivity contribution is 5.93. The summed E-state index contributed by atoms with van der Waals surface area (Å²) in [6.07, 6.45) is 6.27. The number of carbonyl (C=O) groups is 2. The van der Waals surface area contributed by atoms with E-state index in [9.17, 15) is 14.7 Å². The molecule has 5 heteroatoms. The lowest BCUT2D eigenvalue weighted by Crippen LogP contribution is -2.64. The monoisotopic (exact) mass is 253 g/mol. The minimum Gasteiger partial charge on any atom is -0.465 e. The summed E-state index contributed by atoms with van der Waals surface area (Å²) in [5.74, 6) is -0.815. The molecule has 0 aromatic rings. The molecule has 1 amide bonds. The van der Waals surface area contributed by atoms with Crippen LogP contribution in [0.2, 0.25) is 0 Å². The highest BCUT2D eigenvalue weighted by Crippen LogP contribution is 2.45. The standard InChI is InChI=1S/C13H19NO4/c1-2-18-11(16)12-7-4-3-5-8-13(12,17)14-10(15)6-9-12/h6,9,17H,2-5,7-8H2,1H3,(H,14,15)/t12-,13+/m0/s1. The van der Waals surface area contributed by atoms with Crippen LogP contribution < -0.4 is 5.32 Å². The second-order valence-corrected chi connectivity index (χ2v) is 4.94. The quantitative estimate of drug-likeness (QED) is 0.716. The van der Waals surface area contributed by atoms with Gasteiger partial charge in [0.25, 0.3) is 0 Å². The summed E-state index contributed by atoms with van der Waals surface area (Å²) in [5, 5.41) is 13.2. The molecule has 18 heavy (non-hydrogen) atoms. The molecule has 0 saturated heterocycles. The van der Waals surface area contributed by atoms with Gasteiger partial charge in [-0.3, -0.25) is 9.59 Å². The Bertz CT molecular complexity index is 392. The van der Waals surface area contributed by atoms with Gasteiger partial charge in [-0.05, 0) is 26.2 Å². The molecule has 0 unspecified atom stereocenters. The van der Waals surface area contributed by atoms with Crippen molar-refractivity contribution in [2.75, 3.05) is 6.61 Å². The SMILES string of the molecule is CCOC(=O)[C@]12C=CC(=O)N[C@@]1(O)CCCCC2. The van der Waals surface area contributed by atoms with Crippen LogP contribution in [0.3, 0.4) is 0 Å². The molecule has 0 spiro atoms. The van der Waals surface area contributed by atoms with Crippen LogP contribution in [0.15, 0.2) is 12.2 Å². The Kier molecular flexibility index (Phi) is 3.43. The Labute approximate surface area is 106 Å². The van der Waals surface area contributed by atoms with E-state index in [0.29, 0.717) is 12.8 Å². The number of rotatable bonds is 2. The van der Waals surface area contributed by atoms with Gasteiger partial charge in [0, 0.05) is 6.08 Å². The van der Waals surface area contributed by atoms with E-state index < -0.39 is 17.1 Å². The van der Waals surface area contributed by atoms with Gasteiger partial charge in [0.2, 0.25) is 5.91 Å². The highest BCUT2D eigenvalue weighted by atomic mass is 16.5. The van der Waals surface area contributed by atoms with Crippen LogP contribution in [-0.4, -0.2) is 29.3 Å². The number of aliphatic hydroxyl groups is 1. The number of esters is 1. The number of hydrogen-bond acceptors (Lipinski definition) is 4. The fourth-order valence-electron chi connectivity index (χ4n) is 2.85. The summed E-state index contributed by atoms with van der Waals surface area (Å²) < 4.78 is 5.10. The largest absolute Gasteiger partial charge is 0.465 e. The van der Waals surface area contributed by atoms with Crippen LogP contribution in [0.1, 0.15) is 39.0 Å². The first-order valence-corrected chi connectivity index (χ1v) is 6.45. The molecular formula is C13H19NO4. The van der Waals surface area contributed by atoms with Crippen molar-refractivity contribution in [3.8, 4) is 0 Å². The number of amides is 1. The maximum atomic E-state index is 12.2. The third-order valence-corrected chi connectivity index (χ3v) is 3.84. The summed E-state index contributed by atoms with van der Waals surface area (Å²) in [4.78, 5) is 23.7. The third-order valence-electron chi connectivity index (χ3n) is 3.84. The average molecular weight is 253 g/mol. The van der Waals surface area contributed by atoms with Gasteiger partial charge in [-0.15, -0.1) is 0 Å². The highest BCUT2D eigenvalue weighted by Gasteiger charge is 2.57. The normalized spacial score (nSPS) is 35.3. The molecule has 0 bridgehead atoms. The molecule has 1 saturated carbocycles. The molecule has 2 N–H and O–H groups in total. The number of ether oxygens (including phenoxy) is 1. The Morgan fingerprint density at radius 2 is 2.17 bits per heavy atom. The fraction of sp³-hybridized carbons (Fsp3) is 0.692. The number of nitrogens with one attached hydrogen (secondary N) is 1. The van der Waals surface area contributed by atoms with Crippen LogP contribution in [0, 0.1) is 5.41 Å². The Hall–Kier alpha value is -1.36. The van der Waals surface area contributed by atoms with Gasteiger partial charge in [-0.25, -0.2) is 0 Å². The van der Waals surface area contributed by atoms with Crippen molar-refractivity contribution in [1.29, 1.82) is 0 Å². The third kappa shape index (κ3) is 1.92. The van der Waals surface area contributed by atoms with Crippen LogP contribution in [0.4, 0.5) is 0 Å². The van der Waals surface area contributed by atoms with Crippen molar-refractivity contribution in [3.05, 3.63) is 12.2 Å². The summed E-state index contributed by atoms with van der Waals surface area (Å²) in [7, 11) is 0.